The summed E-state index contributed by atoms with van der Waals surface area (Å²) >= 11 is 5.53. The van der Waals surface area contributed by atoms with Crippen LogP contribution in [0.1, 0.15) is 32.9 Å². The highest BCUT2D eigenvalue weighted by Gasteiger charge is 2.28. The highest BCUT2D eigenvalue weighted by atomic mass is 35.5. The van der Waals surface area contributed by atoms with Gasteiger partial charge in [-0.05, 0) is 20.8 Å². The molecule has 0 aliphatic rings. The average Bonchev–Trinajstić information content (AvgIpc) is 2.28. The summed E-state index contributed by atoms with van der Waals surface area (Å²) in [7, 11) is 0. The monoisotopic (exact) mass is 226 g/mol. The zero-order chi connectivity index (χ0) is 11.1. The van der Waals surface area contributed by atoms with Crippen molar-refractivity contribution in [3.05, 3.63) is 16.7 Å². The first-order valence-corrected chi connectivity index (χ1v) is 4.35. The summed E-state index contributed by atoms with van der Waals surface area (Å²) in [5.74, 6) is -1.14. The third-order valence-corrected chi connectivity index (χ3v) is 1.97. The van der Waals surface area contributed by atoms with E-state index in [1.807, 2.05) is 0 Å². The van der Waals surface area contributed by atoms with Crippen LogP contribution < -0.4 is 0 Å². The van der Waals surface area contributed by atoms with Gasteiger partial charge in [0.25, 0.3) is 6.43 Å². The van der Waals surface area contributed by atoms with Crippen molar-refractivity contribution in [2.24, 2.45) is 0 Å². The van der Waals surface area contributed by atoms with E-state index < -0.39 is 23.5 Å². The van der Waals surface area contributed by atoms with Crippen molar-refractivity contribution >= 4 is 11.6 Å². The van der Waals surface area contributed by atoms with Crippen LogP contribution in [0.5, 0.6) is 0 Å². The molecule has 0 atom stereocenters. The van der Waals surface area contributed by atoms with Crippen molar-refractivity contribution in [3.63, 3.8) is 0 Å². The topological polar surface area (TPSA) is 17.8 Å². The van der Waals surface area contributed by atoms with Gasteiger partial charge in [-0.1, -0.05) is 11.6 Å². The summed E-state index contributed by atoms with van der Waals surface area (Å²) in [6.45, 7) is 5.09. The minimum absolute atomic E-state index is 0.382. The highest BCUT2D eigenvalue weighted by molar-refractivity contribution is 6.29. The first kappa shape index (κ1) is 11.4. The van der Waals surface area contributed by atoms with Crippen molar-refractivity contribution in [2.45, 2.75) is 32.7 Å². The van der Waals surface area contributed by atoms with Crippen LogP contribution in [0.3, 0.4) is 0 Å². The van der Waals surface area contributed by atoms with Crippen molar-refractivity contribution in [1.82, 2.24) is 9.78 Å². The maximum absolute atomic E-state index is 13.1. The molecule has 0 saturated heterocycles. The van der Waals surface area contributed by atoms with Gasteiger partial charge in [0.15, 0.2) is 16.7 Å². The number of hydrogen-bond acceptors (Lipinski definition) is 1. The Balaban J connectivity index is 3.29. The second kappa shape index (κ2) is 3.46. The molecule has 0 saturated carbocycles. The minimum Gasteiger partial charge on any atom is -0.245 e. The Morgan fingerprint density at radius 3 is 2.07 bits per heavy atom. The van der Waals surface area contributed by atoms with Gasteiger partial charge in [-0.25, -0.2) is 17.9 Å². The predicted octanol–water partition coefficient (Wildman–Crippen LogP) is 3.37. The molecule has 0 aliphatic carbocycles. The number of halogens is 4. The highest BCUT2D eigenvalue weighted by Crippen LogP contribution is 2.29. The minimum atomic E-state index is -2.95. The number of hydrogen-bond donors (Lipinski definition) is 0. The smallest absolute Gasteiger partial charge is 0.245 e. The third kappa shape index (κ3) is 1.87. The van der Waals surface area contributed by atoms with Crippen LogP contribution in [-0.2, 0) is 5.54 Å². The molecule has 1 heterocycles. The lowest BCUT2D eigenvalue weighted by atomic mass is 10.1. The van der Waals surface area contributed by atoms with Crippen LogP contribution >= 0.6 is 11.6 Å². The van der Waals surface area contributed by atoms with Crippen LogP contribution in [0.15, 0.2) is 0 Å². The summed E-state index contributed by atoms with van der Waals surface area (Å²) < 4.78 is 38.6. The van der Waals surface area contributed by atoms with E-state index in [-0.39, 0.29) is 5.15 Å². The zero-order valence-corrected chi connectivity index (χ0v) is 8.74. The molecule has 0 amide bonds. The predicted molar refractivity (Wildman–Crippen MR) is 47.1 cm³/mol. The molecule has 6 heteroatoms. The molecule has 0 aliphatic heterocycles. The number of rotatable bonds is 1. The molecule has 14 heavy (non-hydrogen) atoms. The second-order valence-corrected chi connectivity index (χ2v) is 4.23. The molecule has 0 aromatic carbocycles. The molecule has 1 aromatic rings. The van der Waals surface area contributed by atoms with E-state index in [4.69, 9.17) is 11.6 Å². The zero-order valence-electron chi connectivity index (χ0n) is 7.98. The molecule has 0 unspecified atom stereocenters. The molecular formula is C8H10ClF3N2. The standard InChI is InChI=1S/C8H10ClF3N2/c1-8(2,3)14-6(9)4(10)5(13-14)7(11)12/h7H,1-3H3. The van der Waals surface area contributed by atoms with Gasteiger partial charge >= 0.3 is 0 Å². The van der Waals surface area contributed by atoms with Crippen LogP contribution in [0.4, 0.5) is 13.2 Å². The van der Waals surface area contributed by atoms with E-state index in [2.05, 4.69) is 5.10 Å². The molecule has 2 nitrogen and oxygen atoms in total. The maximum Gasteiger partial charge on any atom is 0.285 e. The lowest BCUT2D eigenvalue weighted by Crippen LogP contribution is -2.23. The van der Waals surface area contributed by atoms with E-state index in [0.29, 0.717) is 0 Å². The van der Waals surface area contributed by atoms with E-state index in [0.717, 1.165) is 4.68 Å². The molecule has 0 bridgehead atoms. The fourth-order valence-electron chi connectivity index (χ4n) is 0.978. The Kier molecular flexibility index (Phi) is 2.81. The lowest BCUT2D eigenvalue weighted by molar-refractivity contribution is 0.139. The summed E-state index contributed by atoms with van der Waals surface area (Å²) in [6.07, 6.45) is -2.95. The van der Waals surface area contributed by atoms with Gasteiger partial charge in [-0.15, -0.1) is 0 Å². The first-order chi connectivity index (χ1) is 6.25. The Morgan fingerprint density at radius 2 is 1.86 bits per heavy atom. The summed E-state index contributed by atoms with van der Waals surface area (Å²) in [4.78, 5) is 0. The Bertz CT molecular complexity index is 341. The van der Waals surface area contributed by atoms with Crippen molar-refractivity contribution in [3.8, 4) is 0 Å². The lowest BCUT2D eigenvalue weighted by Gasteiger charge is -2.19. The van der Waals surface area contributed by atoms with Gasteiger partial charge in [0.05, 0.1) is 5.54 Å². The van der Waals surface area contributed by atoms with Gasteiger partial charge in [0.2, 0.25) is 0 Å². The molecular weight excluding hydrogens is 217 g/mol. The Hall–Kier alpha value is -0.710. The largest absolute Gasteiger partial charge is 0.285 e. The molecule has 1 rings (SSSR count). The van der Waals surface area contributed by atoms with Gasteiger partial charge in [-0.2, -0.15) is 5.10 Å². The third-order valence-electron chi connectivity index (χ3n) is 1.64. The molecule has 80 valence electrons. The molecule has 0 fully saturated rings. The fraction of sp³-hybridized carbons (Fsp3) is 0.625. The normalized spacial score (nSPS) is 12.6. The van der Waals surface area contributed by atoms with E-state index in [9.17, 15) is 13.2 Å². The van der Waals surface area contributed by atoms with E-state index in [1.54, 1.807) is 20.8 Å². The van der Waals surface area contributed by atoms with Gasteiger partial charge in [0.1, 0.15) is 0 Å². The van der Waals surface area contributed by atoms with Crippen LogP contribution in [-0.4, -0.2) is 9.78 Å². The summed E-state index contributed by atoms with van der Waals surface area (Å²) in [5, 5.41) is 3.06. The van der Waals surface area contributed by atoms with Crippen LogP contribution in [0.25, 0.3) is 0 Å². The van der Waals surface area contributed by atoms with Crippen LogP contribution in [0, 0.1) is 5.82 Å². The average molecular weight is 227 g/mol. The molecule has 1 aromatic heterocycles. The number of nitrogens with zero attached hydrogens (tertiary/aromatic N) is 2. The van der Waals surface area contributed by atoms with Crippen LogP contribution in [0.2, 0.25) is 5.15 Å². The number of alkyl halides is 2. The van der Waals surface area contributed by atoms with E-state index in [1.165, 1.54) is 0 Å². The molecule has 0 spiro atoms. The van der Waals surface area contributed by atoms with Gasteiger partial charge in [0, 0.05) is 0 Å². The first-order valence-electron chi connectivity index (χ1n) is 3.97. The van der Waals surface area contributed by atoms with E-state index >= 15 is 0 Å². The van der Waals surface area contributed by atoms with Crippen molar-refractivity contribution < 1.29 is 13.2 Å². The second-order valence-electron chi connectivity index (χ2n) is 3.87. The van der Waals surface area contributed by atoms with Gasteiger partial charge in [-0.3, -0.25) is 0 Å². The molecule has 0 N–H and O–H groups in total. The van der Waals surface area contributed by atoms with Gasteiger partial charge < -0.3 is 0 Å². The fourth-order valence-corrected chi connectivity index (χ4v) is 1.37. The van der Waals surface area contributed by atoms with Crippen molar-refractivity contribution in [2.75, 3.05) is 0 Å². The summed E-state index contributed by atoms with van der Waals surface area (Å²) in [5.41, 5.74) is -1.52. The summed E-state index contributed by atoms with van der Waals surface area (Å²) in [6, 6.07) is 0. The Labute approximate surface area is 84.7 Å². The quantitative estimate of drug-likeness (QED) is 0.718. The SMILES string of the molecule is CC(C)(C)n1nc(C(F)F)c(F)c1Cl. The number of aromatic nitrogens is 2. The Morgan fingerprint density at radius 1 is 1.36 bits per heavy atom. The van der Waals surface area contributed by atoms with Crippen molar-refractivity contribution in [1.29, 1.82) is 0 Å². The molecule has 0 radical (unpaired) electrons. The maximum atomic E-state index is 13.1.